The topological polar surface area (TPSA) is 120 Å². The van der Waals surface area contributed by atoms with Crippen LogP contribution in [-0.2, 0) is 13.0 Å². The molecule has 1 aliphatic rings. The Morgan fingerprint density at radius 3 is 2.73 bits per heavy atom. The number of nitrogens with one attached hydrogen (secondary N) is 1. The maximum Gasteiger partial charge on any atom is 0.276 e. The SMILES string of the molecule is CCn1nc(C)cc1C(=O)Nc1nc2cc(C(N)=O)cc3c2n1[C@@H](CN(C)CCc1ccccc1)CO3. The maximum absolute atomic E-state index is 13.3. The van der Waals surface area contributed by atoms with E-state index in [0.717, 1.165) is 24.2 Å². The van der Waals surface area contributed by atoms with Crippen molar-refractivity contribution in [3.05, 3.63) is 71.0 Å². The van der Waals surface area contributed by atoms with Crippen LogP contribution in [0.4, 0.5) is 5.95 Å². The summed E-state index contributed by atoms with van der Waals surface area (Å²) in [4.78, 5) is 32.1. The van der Waals surface area contributed by atoms with Gasteiger partial charge in [-0.2, -0.15) is 5.10 Å². The van der Waals surface area contributed by atoms with E-state index in [9.17, 15) is 9.59 Å². The standard InChI is InChI=1S/C27H31N7O3/c1-4-33-22(12-17(2)31-33)26(36)30-27-29-21-13-19(25(28)35)14-23-24(21)34(27)20(16-37-23)15-32(3)11-10-18-8-6-5-7-9-18/h5-9,12-14,20H,4,10-11,15-16H2,1-3H3,(H2,28,35)(H,29,30,36)/t20-/m0/s1. The van der Waals surface area contributed by atoms with E-state index in [1.54, 1.807) is 22.9 Å². The van der Waals surface area contributed by atoms with Gasteiger partial charge in [0, 0.05) is 25.2 Å². The Labute approximate surface area is 215 Å². The first kappa shape index (κ1) is 24.5. The van der Waals surface area contributed by atoms with Crippen LogP contribution < -0.4 is 15.8 Å². The molecular weight excluding hydrogens is 470 g/mol. The monoisotopic (exact) mass is 501 g/mol. The van der Waals surface area contributed by atoms with Gasteiger partial charge in [-0.1, -0.05) is 30.3 Å². The Morgan fingerprint density at radius 2 is 2.00 bits per heavy atom. The number of amides is 2. The quantitative estimate of drug-likeness (QED) is 0.364. The third kappa shape index (κ3) is 4.92. The van der Waals surface area contributed by atoms with Crippen molar-refractivity contribution in [2.75, 3.05) is 32.1 Å². The number of primary amides is 1. The van der Waals surface area contributed by atoms with Crippen molar-refractivity contribution in [2.45, 2.75) is 32.9 Å². The van der Waals surface area contributed by atoms with E-state index in [-0.39, 0.29) is 11.9 Å². The molecule has 4 aromatic rings. The molecule has 1 aliphatic heterocycles. The number of anilines is 1. The van der Waals surface area contributed by atoms with Crippen molar-refractivity contribution in [1.29, 1.82) is 0 Å². The van der Waals surface area contributed by atoms with E-state index in [1.807, 2.05) is 36.6 Å². The molecule has 10 heteroatoms. The van der Waals surface area contributed by atoms with Crippen molar-refractivity contribution in [3.63, 3.8) is 0 Å². The van der Waals surface area contributed by atoms with Gasteiger partial charge in [-0.15, -0.1) is 0 Å². The summed E-state index contributed by atoms with van der Waals surface area (Å²) in [6.07, 6.45) is 0.923. The minimum absolute atomic E-state index is 0.106. The number of carbonyl (C=O) groups is 2. The molecule has 0 unspecified atom stereocenters. The summed E-state index contributed by atoms with van der Waals surface area (Å²) >= 11 is 0. The van der Waals surface area contributed by atoms with Crippen LogP contribution >= 0.6 is 0 Å². The van der Waals surface area contributed by atoms with Crippen molar-refractivity contribution < 1.29 is 14.3 Å². The number of nitrogens with zero attached hydrogens (tertiary/aromatic N) is 5. The molecule has 10 nitrogen and oxygen atoms in total. The number of carbonyl (C=O) groups excluding carboxylic acids is 2. The highest BCUT2D eigenvalue weighted by Crippen LogP contribution is 2.37. The summed E-state index contributed by atoms with van der Waals surface area (Å²) in [6, 6.07) is 15.3. The molecule has 3 N–H and O–H groups in total. The number of aromatic nitrogens is 4. The molecule has 0 fully saturated rings. The Balaban J connectivity index is 1.47. The summed E-state index contributed by atoms with van der Waals surface area (Å²) in [5.74, 6) is 0.0615. The molecule has 0 radical (unpaired) electrons. The van der Waals surface area contributed by atoms with Crippen LogP contribution in [0.2, 0.25) is 0 Å². The largest absolute Gasteiger partial charge is 0.489 e. The van der Waals surface area contributed by atoms with Crippen molar-refractivity contribution in [1.82, 2.24) is 24.2 Å². The lowest BCUT2D eigenvalue weighted by atomic mass is 10.1. The smallest absolute Gasteiger partial charge is 0.276 e. The highest BCUT2D eigenvalue weighted by molar-refractivity contribution is 6.04. The average Bonchev–Trinajstić information content (AvgIpc) is 3.45. The van der Waals surface area contributed by atoms with Gasteiger partial charge in [0.2, 0.25) is 11.9 Å². The molecule has 1 atom stereocenters. The molecule has 0 spiro atoms. The van der Waals surface area contributed by atoms with Gasteiger partial charge in [0.1, 0.15) is 23.6 Å². The van der Waals surface area contributed by atoms with E-state index in [4.69, 9.17) is 15.5 Å². The van der Waals surface area contributed by atoms with Gasteiger partial charge in [-0.25, -0.2) is 4.98 Å². The highest BCUT2D eigenvalue weighted by Gasteiger charge is 2.30. The number of rotatable bonds is 9. The zero-order valence-corrected chi connectivity index (χ0v) is 21.3. The van der Waals surface area contributed by atoms with Gasteiger partial charge in [-0.3, -0.25) is 24.2 Å². The summed E-state index contributed by atoms with van der Waals surface area (Å²) in [6.45, 7) is 6.28. The molecule has 0 saturated carbocycles. The predicted octanol–water partition coefficient (Wildman–Crippen LogP) is 3.02. The second-order valence-corrected chi connectivity index (χ2v) is 9.42. The van der Waals surface area contributed by atoms with Crippen molar-refractivity contribution in [2.24, 2.45) is 5.73 Å². The van der Waals surface area contributed by atoms with Crippen LogP contribution in [0.3, 0.4) is 0 Å². The Hall–Kier alpha value is -4.18. The number of imidazole rings is 1. The molecule has 5 rings (SSSR count). The molecule has 2 aromatic heterocycles. The van der Waals surface area contributed by atoms with Gasteiger partial charge in [0.25, 0.3) is 5.91 Å². The van der Waals surface area contributed by atoms with Crippen molar-refractivity contribution in [3.8, 4) is 5.75 Å². The first-order chi connectivity index (χ1) is 17.8. The van der Waals surface area contributed by atoms with Crippen LogP contribution in [0.15, 0.2) is 48.5 Å². The molecule has 192 valence electrons. The number of benzene rings is 2. The lowest BCUT2D eigenvalue weighted by Crippen LogP contribution is -2.35. The van der Waals surface area contributed by atoms with Crippen molar-refractivity contribution >= 4 is 28.8 Å². The van der Waals surface area contributed by atoms with E-state index in [2.05, 4.69) is 34.5 Å². The molecule has 37 heavy (non-hydrogen) atoms. The molecule has 2 aromatic carbocycles. The van der Waals surface area contributed by atoms with E-state index < -0.39 is 5.91 Å². The zero-order chi connectivity index (χ0) is 26.1. The molecular formula is C27H31N7O3. The lowest BCUT2D eigenvalue weighted by Gasteiger charge is -2.30. The fourth-order valence-corrected chi connectivity index (χ4v) is 4.84. The summed E-state index contributed by atoms with van der Waals surface area (Å²) in [5.41, 5.74) is 9.62. The number of hydrogen-bond acceptors (Lipinski definition) is 6. The predicted molar refractivity (Wildman–Crippen MR) is 141 cm³/mol. The van der Waals surface area contributed by atoms with Crippen LogP contribution in [-0.4, -0.2) is 62.8 Å². The first-order valence-corrected chi connectivity index (χ1v) is 12.4. The second-order valence-electron chi connectivity index (χ2n) is 9.42. The number of nitrogens with two attached hydrogens (primary N) is 1. The van der Waals surface area contributed by atoms with Gasteiger partial charge >= 0.3 is 0 Å². The minimum Gasteiger partial charge on any atom is -0.489 e. The molecule has 2 amide bonds. The highest BCUT2D eigenvalue weighted by atomic mass is 16.5. The fraction of sp³-hybridized carbons (Fsp3) is 0.333. The maximum atomic E-state index is 13.3. The molecule has 0 aliphatic carbocycles. The van der Waals surface area contributed by atoms with Crippen LogP contribution in [0.1, 0.15) is 45.1 Å². The second kappa shape index (κ2) is 10.1. The molecule has 0 bridgehead atoms. The lowest BCUT2D eigenvalue weighted by molar-refractivity contribution is 0.0995. The van der Waals surface area contributed by atoms with Gasteiger partial charge < -0.3 is 15.4 Å². The fourth-order valence-electron chi connectivity index (χ4n) is 4.84. The van der Waals surface area contributed by atoms with Gasteiger partial charge in [0.15, 0.2) is 0 Å². The zero-order valence-electron chi connectivity index (χ0n) is 21.3. The Morgan fingerprint density at radius 1 is 1.22 bits per heavy atom. The van der Waals surface area contributed by atoms with E-state index in [1.165, 1.54) is 5.56 Å². The van der Waals surface area contributed by atoms with E-state index >= 15 is 0 Å². The first-order valence-electron chi connectivity index (χ1n) is 12.4. The third-order valence-electron chi connectivity index (χ3n) is 6.64. The Bertz CT molecular complexity index is 1460. The average molecular weight is 502 g/mol. The summed E-state index contributed by atoms with van der Waals surface area (Å²) in [7, 11) is 2.07. The number of ether oxygens (including phenoxy) is 1. The number of hydrogen-bond donors (Lipinski definition) is 2. The van der Waals surface area contributed by atoms with E-state index in [0.29, 0.717) is 48.2 Å². The molecule has 3 heterocycles. The van der Waals surface area contributed by atoms with Crippen LogP contribution in [0.25, 0.3) is 11.0 Å². The molecule has 0 saturated heterocycles. The van der Waals surface area contributed by atoms with Gasteiger partial charge in [0.05, 0.1) is 17.3 Å². The van der Waals surface area contributed by atoms with Crippen LogP contribution in [0.5, 0.6) is 5.75 Å². The minimum atomic E-state index is -0.563. The summed E-state index contributed by atoms with van der Waals surface area (Å²) in [5, 5.41) is 7.37. The number of aryl methyl sites for hydroxylation is 2. The summed E-state index contributed by atoms with van der Waals surface area (Å²) < 4.78 is 9.76. The van der Waals surface area contributed by atoms with Gasteiger partial charge in [-0.05, 0) is 51.1 Å². The Kier molecular flexibility index (Phi) is 6.66. The normalized spacial score (nSPS) is 14.6. The van der Waals surface area contributed by atoms with Crippen LogP contribution in [0, 0.1) is 6.92 Å². The third-order valence-corrected chi connectivity index (χ3v) is 6.64. The number of likely N-dealkylation sites (N-methyl/N-ethyl adjacent to an activating group) is 1.